The van der Waals surface area contributed by atoms with E-state index >= 15 is 0 Å². The van der Waals surface area contributed by atoms with Crippen LogP contribution in [0.15, 0.2) is 0 Å². The van der Waals surface area contributed by atoms with Gasteiger partial charge < -0.3 is 10.2 Å². The molecule has 4 N–H and O–H groups in total. The summed E-state index contributed by atoms with van der Waals surface area (Å²) in [6.45, 7) is 1.14. The third-order valence-electron chi connectivity index (χ3n) is 0.959. The molecule has 0 saturated heterocycles. The summed E-state index contributed by atoms with van der Waals surface area (Å²) in [5.74, 6) is -1.50. The van der Waals surface area contributed by atoms with E-state index in [-0.39, 0.29) is 0 Å². The van der Waals surface area contributed by atoms with Crippen LogP contribution in [-0.4, -0.2) is 44.0 Å². The molecule has 0 unspecified atom stereocenters. The van der Waals surface area contributed by atoms with Crippen molar-refractivity contribution in [3.63, 3.8) is 0 Å². The molecule has 0 aliphatic rings. The SMILES string of the molecule is C[C@@H](O)[C@@H](C(=O)O)N(O)O. The fourth-order valence-corrected chi connectivity index (χ4v) is 0.498. The highest BCUT2D eigenvalue weighted by atomic mass is 16.8. The third kappa shape index (κ3) is 2.28. The Hall–Kier alpha value is -0.690. The maximum absolute atomic E-state index is 10.1. The molecule has 0 radical (unpaired) electrons. The maximum atomic E-state index is 10.1. The predicted molar refractivity (Wildman–Crippen MR) is 28.5 cm³/mol. The highest BCUT2D eigenvalue weighted by Crippen LogP contribution is 1.98. The number of carboxylic acids is 1. The van der Waals surface area contributed by atoms with E-state index in [0.717, 1.165) is 6.92 Å². The highest BCUT2D eigenvalue weighted by molar-refractivity contribution is 5.73. The Bertz CT molecular complexity index is 115. The van der Waals surface area contributed by atoms with Crippen molar-refractivity contribution in [1.82, 2.24) is 5.23 Å². The zero-order valence-corrected chi connectivity index (χ0v) is 5.30. The summed E-state index contributed by atoms with van der Waals surface area (Å²) in [6, 6.07) is -1.69. The minimum atomic E-state index is -1.69. The van der Waals surface area contributed by atoms with Crippen molar-refractivity contribution in [3.8, 4) is 0 Å². The Balaban J connectivity index is 4.12. The van der Waals surface area contributed by atoms with E-state index in [1.165, 1.54) is 0 Å². The number of rotatable bonds is 3. The Morgan fingerprint density at radius 2 is 1.90 bits per heavy atom. The van der Waals surface area contributed by atoms with Gasteiger partial charge in [0.25, 0.3) is 0 Å². The predicted octanol–water partition coefficient (Wildman–Crippen LogP) is -1.10. The molecule has 0 aliphatic heterocycles. The van der Waals surface area contributed by atoms with Crippen LogP contribution < -0.4 is 0 Å². The van der Waals surface area contributed by atoms with E-state index in [0.29, 0.717) is 0 Å². The van der Waals surface area contributed by atoms with E-state index in [2.05, 4.69) is 0 Å². The van der Waals surface area contributed by atoms with Crippen LogP contribution >= 0.6 is 0 Å². The summed E-state index contributed by atoms with van der Waals surface area (Å²) in [6.07, 6.45) is -1.34. The maximum Gasteiger partial charge on any atom is 0.328 e. The Kier molecular flexibility index (Phi) is 3.23. The molecule has 10 heavy (non-hydrogen) atoms. The molecular weight excluding hydrogens is 142 g/mol. The van der Waals surface area contributed by atoms with Crippen molar-refractivity contribution in [3.05, 3.63) is 0 Å². The zero-order chi connectivity index (χ0) is 8.31. The van der Waals surface area contributed by atoms with Gasteiger partial charge in [0.2, 0.25) is 0 Å². The molecule has 0 aliphatic carbocycles. The first-order valence-electron chi connectivity index (χ1n) is 2.54. The van der Waals surface area contributed by atoms with Crippen LogP contribution in [0.1, 0.15) is 6.92 Å². The number of hydrogen-bond donors (Lipinski definition) is 4. The van der Waals surface area contributed by atoms with Gasteiger partial charge in [-0.3, -0.25) is 15.2 Å². The van der Waals surface area contributed by atoms with Crippen LogP contribution in [0.4, 0.5) is 0 Å². The quantitative estimate of drug-likeness (QED) is 0.382. The van der Waals surface area contributed by atoms with Gasteiger partial charge >= 0.3 is 5.97 Å². The molecule has 0 saturated carbocycles. The molecule has 6 nitrogen and oxygen atoms in total. The second-order valence-corrected chi connectivity index (χ2v) is 1.84. The summed E-state index contributed by atoms with van der Waals surface area (Å²) in [7, 11) is 0. The Morgan fingerprint density at radius 3 is 1.90 bits per heavy atom. The molecule has 0 aromatic carbocycles. The fourth-order valence-electron chi connectivity index (χ4n) is 0.498. The fraction of sp³-hybridized carbons (Fsp3) is 0.750. The summed E-state index contributed by atoms with van der Waals surface area (Å²) < 4.78 is 0. The second kappa shape index (κ2) is 3.47. The summed E-state index contributed by atoms with van der Waals surface area (Å²) in [5, 5.41) is 32.7. The lowest BCUT2D eigenvalue weighted by atomic mass is 10.2. The molecular formula is C4H9NO5. The standard InChI is InChI=1S/C4H9NO5/c1-2(6)3(4(7)8)5(9)10/h2-3,6,9-10H,1H3,(H,7,8)/t2-,3+/m1/s1. The van der Waals surface area contributed by atoms with Crippen molar-refractivity contribution in [2.75, 3.05) is 0 Å². The zero-order valence-electron chi connectivity index (χ0n) is 5.30. The highest BCUT2D eigenvalue weighted by Gasteiger charge is 2.28. The minimum Gasteiger partial charge on any atom is -0.480 e. The molecule has 60 valence electrons. The molecule has 0 bridgehead atoms. The van der Waals surface area contributed by atoms with Gasteiger partial charge in [0.15, 0.2) is 6.04 Å². The van der Waals surface area contributed by atoms with Crippen LogP contribution in [0.25, 0.3) is 0 Å². The van der Waals surface area contributed by atoms with Gasteiger partial charge in [-0.2, -0.15) is 0 Å². The van der Waals surface area contributed by atoms with E-state index in [1.54, 1.807) is 0 Å². The molecule has 0 heterocycles. The lowest BCUT2D eigenvalue weighted by molar-refractivity contribution is -0.336. The van der Waals surface area contributed by atoms with Gasteiger partial charge in [-0.25, -0.2) is 0 Å². The van der Waals surface area contributed by atoms with Crippen molar-refractivity contribution in [2.45, 2.75) is 19.1 Å². The first-order chi connectivity index (χ1) is 4.46. The lowest BCUT2D eigenvalue weighted by Gasteiger charge is -2.17. The van der Waals surface area contributed by atoms with E-state index in [4.69, 9.17) is 20.6 Å². The molecule has 0 aromatic heterocycles. The van der Waals surface area contributed by atoms with Crippen LogP contribution in [-0.2, 0) is 4.79 Å². The van der Waals surface area contributed by atoms with Crippen LogP contribution in [0.5, 0.6) is 0 Å². The largest absolute Gasteiger partial charge is 0.480 e. The van der Waals surface area contributed by atoms with Crippen molar-refractivity contribution >= 4 is 5.97 Å². The summed E-state index contributed by atoms with van der Waals surface area (Å²) in [4.78, 5) is 10.1. The second-order valence-electron chi connectivity index (χ2n) is 1.84. The van der Waals surface area contributed by atoms with Crippen molar-refractivity contribution in [1.29, 1.82) is 0 Å². The van der Waals surface area contributed by atoms with E-state index in [9.17, 15) is 4.79 Å². The first kappa shape index (κ1) is 9.31. The van der Waals surface area contributed by atoms with E-state index in [1.807, 2.05) is 0 Å². The van der Waals surface area contributed by atoms with Gasteiger partial charge in [0, 0.05) is 0 Å². The molecule has 0 spiro atoms. The van der Waals surface area contributed by atoms with Crippen LogP contribution in [0, 0.1) is 0 Å². The van der Waals surface area contributed by atoms with Gasteiger partial charge in [-0.15, -0.1) is 0 Å². The molecule has 2 atom stereocenters. The molecule has 0 fully saturated rings. The van der Waals surface area contributed by atoms with Gasteiger partial charge in [-0.05, 0) is 6.92 Å². The number of hydrogen-bond acceptors (Lipinski definition) is 5. The van der Waals surface area contributed by atoms with Gasteiger partial charge in [0.05, 0.1) is 6.10 Å². The lowest BCUT2D eigenvalue weighted by Crippen LogP contribution is -2.44. The van der Waals surface area contributed by atoms with E-state index < -0.39 is 23.3 Å². The number of nitrogens with zero attached hydrogens (tertiary/aromatic N) is 1. The molecule has 0 amide bonds. The average molecular weight is 151 g/mol. The summed E-state index contributed by atoms with van der Waals surface area (Å²) in [5.41, 5.74) is 0. The molecule has 0 aromatic rings. The normalized spacial score (nSPS) is 16.9. The molecule has 0 rings (SSSR count). The minimum absolute atomic E-state index is 0.535. The number of aliphatic carboxylic acids is 1. The number of carboxylic acid groups (broad SMARTS) is 1. The Morgan fingerprint density at radius 1 is 1.50 bits per heavy atom. The van der Waals surface area contributed by atoms with Crippen LogP contribution in [0.2, 0.25) is 0 Å². The first-order valence-corrected chi connectivity index (χ1v) is 2.54. The smallest absolute Gasteiger partial charge is 0.328 e. The van der Waals surface area contributed by atoms with Crippen molar-refractivity contribution < 1.29 is 25.4 Å². The number of aliphatic hydroxyl groups excluding tert-OH is 1. The Labute approximate surface area is 56.8 Å². The topological polar surface area (TPSA) is 101 Å². The van der Waals surface area contributed by atoms with Gasteiger partial charge in [-0.1, -0.05) is 5.23 Å². The van der Waals surface area contributed by atoms with Crippen LogP contribution in [0.3, 0.4) is 0 Å². The van der Waals surface area contributed by atoms with Crippen molar-refractivity contribution in [2.24, 2.45) is 0 Å². The average Bonchev–Trinajstić information content (AvgIpc) is 1.59. The monoisotopic (exact) mass is 151 g/mol. The third-order valence-corrected chi connectivity index (χ3v) is 0.959. The number of hydroxylamine groups is 2. The number of aliphatic hydroxyl groups is 1. The molecule has 6 heteroatoms. The van der Waals surface area contributed by atoms with Gasteiger partial charge in [0.1, 0.15) is 0 Å². The number of carbonyl (C=O) groups is 1. The summed E-state index contributed by atoms with van der Waals surface area (Å²) >= 11 is 0.